The summed E-state index contributed by atoms with van der Waals surface area (Å²) in [6.45, 7) is 14.7. The normalized spacial score (nSPS) is 22.0. The van der Waals surface area contributed by atoms with E-state index in [1.54, 1.807) is 0 Å². The lowest BCUT2D eigenvalue weighted by Crippen LogP contribution is -2.42. The summed E-state index contributed by atoms with van der Waals surface area (Å²) in [5, 5.41) is 6.69. The number of amides is 1. The van der Waals surface area contributed by atoms with Crippen molar-refractivity contribution in [3.8, 4) is 0 Å². The summed E-state index contributed by atoms with van der Waals surface area (Å²) in [4.78, 5) is 11.9. The first-order valence-corrected chi connectivity index (χ1v) is 10.3. The molecular weight excluding hydrogens is 336 g/mol. The predicted octanol–water partition coefficient (Wildman–Crippen LogP) is 5.87. The molecule has 2 rings (SSSR count). The second-order valence-electron chi connectivity index (χ2n) is 10.0. The number of anilines is 1. The second kappa shape index (κ2) is 8.53. The van der Waals surface area contributed by atoms with Crippen LogP contribution in [-0.2, 0) is 10.2 Å². The van der Waals surface area contributed by atoms with Gasteiger partial charge in [-0.25, -0.2) is 4.79 Å². The smallest absolute Gasteiger partial charge is 0.407 e. The van der Waals surface area contributed by atoms with Crippen LogP contribution in [0.4, 0.5) is 10.5 Å². The molecule has 1 fully saturated rings. The number of hydrogen-bond acceptors (Lipinski definition) is 3. The van der Waals surface area contributed by atoms with E-state index >= 15 is 0 Å². The van der Waals surface area contributed by atoms with Gasteiger partial charge in [-0.3, -0.25) is 0 Å². The van der Waals surface area contributed by atoms with Gasteiger partial charge < -0.3 is 15.4 Å². The zero-order valence-electron chi connectivity index (χ0n) is 18.2. The third kappa shape index (κ3) is 7.08. The highest BCUT2D eigenvalue weighted by Gasteiger charge is 2.27. The monoisotopic (exact) mass is 374 g/mol. The summed E-state index contributed by atoms with van der Waals surface area (Å²) in [6.07, 6.45) is 3.97. The molecule has 152 valence electrons. The topological polar surface area (TPSA) is 50.4 Å². The fraction of sp³-hybridized carbons (Fsp3) is 0.696. The highest BCUT2D eigenvalue weighted by atomic mass is 16.6. The third-order valence-electron chi connectivity index (χ3n) is 5.35. The van der Waals surface area contributed by atoms with Crippen molar-refractivity contribution >= 4 is 11.8 Å². The fourth-order valence-electron chi connectivity index (χ4n) is 3.68. The summed E-state index contributed by atoms with van der Waals surface area (Å²) >= 11 is 0. The number of rotatable bonds is 4. The number of hydrogen-bond donors (Lipinski definition) is 2. The maximum atomic E-state index is 11.9. The van der Waals surface area contributed by atoms with Crippen LogP contribution in [-0.4, -0.2) is 23.8 Å². The molecule has 4 nitrogen and oxygen atoms in total. The Hall–Kier alpha value is -1.71. The molecule has 0 aliphatic heterocycles. The molecule has 1 aliphatic rings. The number of ether oxygens (including phenoxy) is 1. The molecule has 27 heavy (non-hydrogen) atoms. The number of alkyl carbamates (subject to hydrolysis) is 1. The predicted molar refractivity (Wildman–Crippen MR) is 113 cm³/mol. The van der Waals surface area contributed by atoms with E-state index in [-0.39, 0.29) is 17.6 Å². The Balaban J connectivity index is 1.79. The Kier molecular flexibility index (Phi) is 6.82. The van der Waals surface area contributed by atoms with Crippen molar-refractivity contribution in [2.45, 2.75) is 97.2 Å². The fourth-order valence-corrected chi connectivity index (χ4v) is 3.68. The lowest BCUT2D eigenvalue weighted by atomic mass is 9.82. The van der Waals surface area contributed by atoms with Gasteiger partial charge >= 0.3 is 6.09 Å². The average molecular weight is 375 g/mol. The molecule has 0 spiro atoms. The summed E-state index contributed by atoms with van der Waals surface area (Å²) in [7, 11) is 0. The van der Waals surface area contributed by atoms with Crippen LogP contribution in [0.5, 0.6) is 0 Å². The summed E-state index contributed by atoms with van der Waals surface area (Å²) < 4.78 is 5.36. The first-order valence-electron chi connectivity index (χ1n) is 10.3. The van der Waals surface area contributed by atoms with Crippen LogP contribution in [0.2, 0.25) is 0 Å². The lowest BCUT2D eigenvalue weighted by molar-refractivity contribution is 0.0486. The van der Waals surface area contributed by atoms with Crippen LogP contribution in [0.25, 0.3) is 0 Å². The van der Waals surface area contributed by atoms with Gasteiger partial charge in [-0.15, -0.1) is 0 Å². The minimum Gasteiger partial charge on any atom is -0.444 e. The Labute approximate surface area is 165 Å². The van der Waals surface area contributed by atoms with E-state index in [4.69, 9.17) is 4.74 Å². The molecule has 0 unspecified atom stereocenters. The molecule has 1 aromatic carbocycles. The number of nitrogens with one attached hydrogen (secondary N) is 2. The molecule has 1 saturated carbocycles. The van der Waals surface area contributed by atoms with Gasteiger partial charge in [-0.2, -0.15) is 0 Å². The van der Waals surface area contributed by atoms with Gasteiger partial charge in [0, 0.05) is 17.8 Å². The van der Waals surface area contributed by atoms with Crippen molar-refractivity contribution in [1.29, 1.82) is 0 Å². The summed E-state index contributed by atoms with van der Waals surface area (Å²) in [5.74, 6) is 0.629. The minimum atomic E-state index is -0.442. The highest BCUT2D eigenvalue weighted by molar-refractivity contribution is 5.68. The van der Waals surface area contributed by atoms with Gasteiger partial charge in [0.1, 0.15) is 5.60 Å². The molecule has 0 aromatic heterocycles. The van der Waals surface area contributed by atoms with E-state index in [1.807, 2.05) is 20.8 Å². The largest absolute Gasteiger partial charge is 0.444 e. The second-order valence-corrected chi connectivity index (χ2v) is 10.0. The van der Waals surface area contributed by atoms with Crippen LogP contribution < -0.4 is 10.6 Å². The SMILES string of the molecule is C[C@H](Nc1ccc(C(C)(C)C)cc1)C1CCC(NC(=O)OC(C)(C)C)CC1. The third-order valence-corrected chi connectivity index (χ3v) is 5.35. The zero-order chi connectivity index (χ0) is 20.2. The molecule has 1 atom stereocenters. The van der Waals surface area contributed by atoms with Crippen LogP contribution in [0.15, 0.2) is 24.3 Å². The van der Waals surface area contributed by atoms with Crippen molar-refractivity contribution in [1.82, 2.24) is 5.32 Å². The molecule has 4 heteroatoms. The summed E-state index contributed by atoms with van der Waals surface area (Å²) in [6, 6.07) is 9.47. The Morgan fingerprint density at radius 3 is 2.04 bits per heavy atom. The molecule has 1 aliphatic carbocycles. The molecule has 0 saturated heterocycles. The zero-order valence-corrected chi connectivity index (χ0v) is 18.2. The van der Waals surface area contributed by atoms with Crippen molar-refractivity contribution in [3.63, 3.8) is 0 Å². The highest BCUT2D eigenvalue weighted by Crippen LogP contribution is 2.29. The van der Waals surface area contributed by atoms with Gasteiger partial charge in [0.15, 0.2) is 0 Å². The Bertz CT molecular complexity index is 603. The molecule has 0 heterocycles. The average Bonchev–Trinajstić information content (AvgIpc) is 2.53. The number of carbonyl (C=O) groups is 1. The van der Waals surface area contributed by atoms with Crippen LogP contribution >= 0.6 is 0 Å². The maximum Gasteiger partial charge on any atom is 0.407 e. The molecule has 0 radical (unpaired) electrons. The van der Waals surface area contributed by atoms with Crippen molar-refractivity contribution < 1.29 is 9.53 Å². The van der Waals surface area contributed by atoms with Gasteiger partial charge in [0.25, 0.3) is 0 Å². The van der Waals surface area contributed by atoms with Crippen LogP contribution in [0, 0.1) is 5.92 Å². The van der Waals surface area contributed by atoms with Gasteiger partial charge in [-0.1, -0.05) is 32.9 Å². The first kappa shape index (κ1) is 21.6. The van der Waals surface area contributed by atoms with Crippen molar-refractivity contribution in [2.75, 3.05) is 5.32 Å². The van der Waals surface area contributed by atoms with Crippen LogP contribution in [0.1, 0.15) is 79.7 Å². The molecule has 1 aromatic rings. The van der Waals surface area contributed by atoms with E-state index in [9.17, 15) is 4.79 Å². The first-order chi connectivity index (χ1) is 12.4. The van der Waals surface area contributed by atoms with Crippen molar-refractivity contribution in [2.24, 2.45) is 5.92 Å². The van der Waals surface area contributed by atoms with Crippen LogP contribution in [0.3, 0.4) is 0 Å². The standard InChI is InChI=1S/C23H38N2O2/c1-16(24-19-14-10-18(11-15-19)22(2,3)4)17-8-12-20(13-9-17)25-21(26)27-23(5,6)7/h10-11,14-17,20,24H,8-9,12-13H2,1-7H3,(H,25,26)/t16-,17?,20?/m0/s1. The molecule has 1 amide bonds. The molecule has 0 bridgehead atoms. The van der Waals surface area contributed by atoms with Gasteiger partial charge in [0.2, 0.25) is 0 Å². The molecular formula is C23H38N2O2. The lowest BCUT2D eigenvalue weighted by Gasteiger charge is -2.33. The minimum absolute atomic E-state index is 0.184. The van der Waals surface area contributed by atoms with E-state index in [2.05, 4.69) is 62.6 Å². The quantitative estimate of drug-likeness (QED) is 0.693. The summed E-state index contributed by atoms with van der Waals surface area (Å²) in [5.41, 5.74) is 2.28. The van der Waals surface area contributed by atoms with E-state index < -0.39 is 5.60 Å². The van der Waals surface area contributed by atoms with E-state index in [1.165, 1.54) is 11.3 Å². The van der Waals surface area contributed by atoms with Gasteiger partial charge in [0.05, 0.1) is 0 Å². The van der Waals surface area contributed by atoms with Crippen molar-refractivity contribution in [3.05, 3.63) is 29.8 Å². The van der Waals surface area contributed by atoms with E-state index in [0.717, 1.165) is 25.7 Å². The molecule has 2 N–H and O–H groups in total. The number of benzene rings is 1. The Morgan fingerprint density at radius 2 is 1.56 bits per heavy atom. The van der Waals surface area contributed by atoms with E-state index in [0.29, 0.717) is 12.0 Å². The van der Waals surface area contributed by atoms with Gasteiger partial charge in [-0.05, 0) is 82.4 Å². The number of carbonyl (C=O) groups excluding carboxylic acids is 1. The Morgan fingerprint density at radius 1 is 1.00 bits per heavy atom. The maximum absolute atomic E-state index is 11.9.